The fourth-order valence-corrected chi connectivity index (χ4v) is 3.98. The summed E-state index contributed by atoms with van der Waals surface area (Å²) in [4.78, 5) is 11.8. The molecule has 1 saturated carbocycles. The van der Waals surface area contributed by atoms with Crippen molar-refractivity contribution in [3.05, 3.63) is 35.9 Å². The van der Waals surface area contributed by atoms with Crippen molar-refractivity contribution in [2.24, 2.45) is 11.7 Å². The van der Waals surface area contributed by atoms with Gasteiger partial charge in [0.15, 0.2) is 0 Å². The van der Waals surface area contributed by atoms with Crippen LogP contribution in [0.4, 0.5) is 0 Å². The van der Waals surface area contributed by atoms with E-state index in [1.54, 1.807) is 0 Å². The van der Waals surface area contributed by atoms with Gasteiger partial charge in [0.2, 0.25) is 0 Å². The van der Waals surface area contributed by atoms with Crippen LogP contribution in [0, 0.1) is 5.92 Å². The van der Waals surface area contributed by atoms with Gasteiger partial charge >= 0.3 is 5.97 Å². The van der Waals surface area contributed by atoms with Crippen LogP contribution in [0.15, 0.2) is 30.3 Å². The summed E-state index contributed by atoms with van der Waals surface area (Å²) in [5.74, 6) is 2.07. The Balaban J connectivity index is 1.77. The first-order valence-corrected chi connectivity index (χ1v) is 8.31. The minimum Gasteiger partial charge on any atom is -0.468 e. The second kappa shape index (κ2) is 7.14. The Hall–Kier alpha value is -1.00. The van der Waals surface area contributed by atoms with Gasteiger partial charge in [-0.1, -0.05) is 36.8 Å². The second-order valence-electron chi connectivity index (χ2n) is 5.45. The summed E-state index contributed by atoms with van der Waals surface area (Å²) in [6.45, 7) is 0. The van der Waals surface area contributed by atoms with Gasteiger partial charge in [-0.3, -0.25) is 4.79 Å². The smallest absolute Gasteiger partial charge is 0.326 e. The van der Waals surface area contributed by atoms with E-state index in [1.807, 2.05) is 17.8 Å². The van der Waals surface area contributed by atoms with Gasteiger partial charge in [0.1, 0.15) is 5.54 Å². The molecule has 2 atom stereocenters. The zero-order chi connectivity index (χ0) is 14.4. The molecule has 0 aromatic heterocycles. The number of thioether (sulfide) groups is 1. The van der Waals surface area contributed by atoms with Crippen LogP contribution in [0.3, 0.4) is 0 Å². The molecule has 0 amide bonds. The number of carbonyl (C=O) groups is 1. The van der Waals surface area contributed by atoms with Crippen molar-refractivity contribution in [2.75, 3.05) is 12.9 Å². The number of carbonyl (C=O) groups excluding carboxylic acids is 1. The third kappa shape index (κ3) is 3.55. The standard InChI is InChI=1S/C16H23NO2S/c1-19-15(18)16(17)10-5-8-14(16)9-11-20-12-13-6-3-2-4-7-13/h2-4,6-7,14H,5,8-12,17H2,1H3. The molecule has 110 valence electrons. The summed E-state index contributed by atoms with van der Waals surface area (Å²) in [7, 11) is 1.43. The molecule has 2 N–H and O–H groups in total. The highest BCUT2D eigenvalue weighted by molar-refractivity contribution is 7.98. The van der Waals surface area contributed by atoms with E-state index in [0.29, 0.717) is 0 Å². The summed E-state index contributed by atoms with van der Waals surface area (Å²) in [6.07, 6.45) is 3.81. The summed E-state index contributed by atoms with van der Waals surface area (Å²) in [5, 5.41) is 0. The number of rotatable bonds is 6. The minimum absolute atomic E-state index is 0.243. The van der Waals surface area contributed by atoms with Gasteiger partial charge in [-0.25, -0.2) is 0 Å². The summed E-state index contributed by atoms with van der Waals surface area (Å²) >= 11 is 1.91. The van der Waals surface area contributed by atoms with Crippen molar-refractivity contribution in [1.29, 1.82) is 0 Å². The van der Waals surface area contributed by atoms with Crippen molar-refractivity contribution in [3.8, 4) is 0 Å². The Morgan fingerprint density at radius 3 is 2.90 bits per heavy atom. The lowest BCUT2D eigenvalue weighted by atomic mass is 9.86. The molecule has 20 heavy (non-hydrogen) atoms. The van der Waals surface area contributed by atoms with Crippen LogP contribution in [0.1, 0.15) is 31.2 Å². The van der Waals surface area contributed by atoms with Gasteiger partial charge in [-0.05, 0) is 36.5 Å². The van der Waals surface area contributed by atoms with Crippen molar-refractivity contribution >= 4 is 17.7 Å². The molecule has 0 aliphatic heterocycles. The number of ether oxygens (including phenoxy) is 1. The molecule has 0 bridgehead atoms. The topological polar surface area (TPSA) is 52.3 Å². The molecule has 1 aliphatic carbocycles. The van der Waals surface area contributed by atoms with E-state index in [9.17, 15) is 4.79 Å². The molecule has 2 unspecified atom stereocenters. The monoisotopic (exact) mass is 293 g/mol. The number of hydrogen-bond acceptors (Lipinski definition) is 4. The summed E-state index contributed by atoms with van der Waals surface area (Å²) in [6, 6.07) is 10.4. The number of nitrogens with two attached hydrogens (primary N) is 1. The SMILES string of the molecule is COC(=O)C1(N)CCCC1CCSCc1ccccc1. The first-order valence-electron chi connectivity index (χ1n) is 7.16. The molecular formula is C16H23NO2S. The van der Waals surface area contributed by atoms with Crippen LogP contribution >= 0.6 is 11.8 Å². The third-order valence-electron chi connectivity index (χ3n) is 4.16. The largest absolute Gasteiger partial charge is 0.468 e. The Labute approximate surface area is 125 Å². The van der Waals surface area contributed by atoms with Gasteiger partial charge in [0.05, 0.1) is 7.11 Å². The summed E-state index contributed by atoms with van der Waals surface area (Å²) < 4.78 is 4.87. The Morgan fingerprint density at radius 1 is 1.45 bits per heavy atom. The second-order valence-corrected chi connectivity index (χ2v) is 6.55. The molecule has 0 saturated heterocycles. The van der Waals surface area contributed by atoms with Gasteiger partial charge in [-0.2, -0.15) is 11.8 Å². The molecule has 0 spiro atoms. The van der Waals surface area contributed by atoms with Crippen LogP contribution in [0.25, 0.3) is 0 Å². The first kappa shape index (κ1) is 15.4. The van der Waals surface area contributed by atoms with E-state index in [1.165, 1.54) is 12.7 Å². The van der Waals surface area contributed by atoms with Gasteiger partial charge in [0.25, 0.3) is 0 Å². The normalized spacial score (nSPS) is 25.6. The van der Waals surface area contributed by atoms with Gasteiger partial charge in [-0.15, -0.1) is 0 Å². The molecule has 0 heterocycles. The quantitative estimate of drug-likeness (QED) is 0.647. The number of benzene rings is 1. The van der Waals surface area contributed by atoms with Crippen LogP contribution in [0.5, 0.6) is 0 Å². The highest BCUT2D eigenvalue weighted by Crippen LogP contribution is 2.37. The first-order chi connectivity index (χ1) is 9.66. The lowest BCUT2D eigenvalue weighted by molar-refractivity contribution is -0.148. The molecule has 4 heteroatoms. The Morgan fingerprint density at radius 2 is 2.20 bits per heavy atom. The minimum atomic E-state index is -0.748. The lowest BCUT2D eigenvalue weighted by Gasteiger charge is -2.28. The van der Waals surface area contributed by atoms with Gasteiger partial charge < -0.3 is 10.5 Å². The molecule has 0 radical (unpaired) electrons. The molecular weight excluding hydrogens is 270 g/mol. The number of methoxy groups -OCH3 is 1. The molecule has 3 nitrogen and oxygen atoms in total. The van der Waals surface area contributed by atoms with Gasteiger partial charge in [0, 0.05) is 5.75 Å². The highest BCUT2D eigenvalue weighted by atomic mass is 32.2. The van der Waals surface area contributed by atoms with E-state index in [-0.39, 0.29) is 11.9 Å². The maximum absolute atomic E-state index is 11.8. The van der Waals surface area contributed by atoms with Crippen molar-refractivity contribution in [3.63, 3.8) is 0 Å². The van der Waals surface area contributed by atoms with E-state index >= 15 is 0 Å². The molecule has 1 aromatic carbocycles. The zero-order valence-corrected chi connectivity index (χ0v) is 12.8. The zero-order valence-electron chi connectivity index (χ0n) is 12.0. The third-order valence-corrected chi connectivity index (χ3v) is 5.22. The van der Waals surface area contributed by atoms with Crippen LogP contribution in [-0.4, -0.2) is 24.4 Å². The summed E-state index contributed by atoms with van der Waals surface area (Å²) in [5.41, 5.74) is 6.86. The fraction of sp³-hybridized carbons (Fsp3) is 0.562. The molecule has 1 aromatic rings. The lowest BCUT2D eigenvalue weighted by Crippen LogP contribution is -2.51. The van der Waals surface area contributed by atoms with Crippen molar-refractivity contribution in [1.82, 2.24) is 0 Å². The van der Waals surface area contributed by atoms with E-state index in [4.69, 9.17) is 10.5 Å². The Kier molecular flexibility index (Phi) is 5.49. The van der Waals surface area contributed by atoms with E-state index < -0.39 is 5.54 Å². The number of hydrogen-bond donors (Lipinski definition) is 1. The van der Waals surface area contributed by atoms with Crippen LogP contribution in [-0.2, 0) is 15.3 Å². The number of esters is 1. The maximum Gasteiger partial charge on any atom is 0.326 e. The predicted octanol–water partition coefficient (Wildman–Crippen LogP) is 2.98. The maximum atomic E-state index is 11.8. The highest BCUT2D eigenvalue weighted by Gasteiger charge is 2.46. The van der Waals surface area contributed by atoms with Crippen LogP contribution < -0.4 is 5.73 Å². The molecule has 1 aliphatic rings. The van der Waals surface area contributed by atoms with E-state index in [0.717, 1.165) is 37.2 Å². The molecule has 1 fully saturated rings. The van der Waals surface area contributed by atoms with Crippen molar-refractivity contribution < 1.29 is 9.53 Å². The van der Waals surface area contributed by atoms with Crippen LogP contribution in [0.2, 0.25) is 0 Å². The fourth-order valence-electron chi connectivity index (χ4n) is 2.95. The molecule has 2 rings (SSSR count). The Bertz CT molecular complexity index is 437. The average Bonchev–Trinajstić information content (AvgIpc) is 2.86. The van der Waals surface area contributed by atoms with E-state index in [2.05, 4.69) is 24.3 Å². The predicted molar refractivity (Wildman–Crippen MR) is 83.5 cm³/mol. The van der Waals surface area contributed by atoms with Crippen molar-refractivity contribution in [2.45, 2.75) is 37.0 Å². The average molecular weight is 293 g/mol.